The molecule has 1 aromatic rings. The molecular formula is C11H12ClNO. The molecule has 2 nitrogen and oxygen atoms in total. The lowest BCUT2D eigenvalue weighted by molar-refractivity contribution is 0.312. The van der Waals surface area contributed by atoms with Crippen molar-refractivity contribution in [2.24, 2.45) is 0 Å². The quantitative estimate of drug-likeness (QED) is 0.552. The van der Waals surface area contributed by atoms with Crippen molar-refractivity contribution < 1.29 is 4.74 Å². The van der Waals surface area contributed by atoms with E-state index in [0.717, 1.165) is 17.7 Å². The third-order valence-corrected chi connectivity index (χ3v) is 2.06. The van der Waals surface area contributed by atoms with Crippen LogP contribution in [0.4, 0.5) is 0 Å². The van der Waals surface area contributed by atoms with Gasteiger partial charge in [0.15, 0.2) is 0 Å². The van der Waals surface area contributed by atoms with E-state index in [-0.39, 0.29) is 0 Å². The average Bonchev–Trinajstić information content (AvgIpc) is 2.25. The minimum Gasteiger partial charge on any atom is -0.494 e. The van der Waals surface area contributed by atoms with E-state index >= 15 is 0 Å². The van der Waals surface area contributed by atoms with Gasteiger partial charge in [-0.25, -0.2) is 0 Å². The van der Waals surface area contributed by atoms with E-state index in [2.05, 4.69) is 6.07 Å². The topological polar surface area (TPSA) is 33.0 Å². The van der Waals surface area contributed by atoms with Crippen LogP contribution in [0.5, 0.6) is 5.75 Å². The minimum absolute atomic E-state index is 0.495. The normalized spacial score (nSPS) is 9.43. The van der Waals surface area contributed by atoms with Crippen LogP contribution in [-0.4, -0.2) is 6.61 Å². The van der Waals surface area contributed by atoms with Crippen LogP contribution in [0.25, 0.3) is 0 Å². The molecule has 0 fully saturated rings. The van der Waals surface area contributed by atoms with Gasteiger partial charge < -0.3 is 4.74 Å². The Hall–Kier alpha value is -1.20. The monoisotopic (exact) mass is 209 g/mol. The first-order chi connectivity index (χ1) is 6.86. The smallest absolute Gasteiger partial charge is 0.119 e. The van der Waals surface area contributed by atoms with Gasteiger partial charge in [0, 0.05) is 12.3 Å². The Morgan fingerprint density at radius 3 is 3.00 bits per heavy atom. The van der Waals surface area contributed by atoms with Crippen LogP contribution >= 0.6 is 11.6 Å². The lowest BCUT2D eigenvalue weighted by Gasteiger charge is -2.05. The number of hydrogen-bond donors (Lipinski definition) is 0. The first kappa shape index (κ1) is 10.9. The SMILES string of the molecule is N#CCCCOc1cccc(CCl)c1. The second-order valence-corrected chi connectivity index (χ2v) is 3.16. The third kappa shape index (κ3) is 3.68. The van der Waals surface area contributed by atoms with Crippen LogP contribution in [0, 0.1) is 11.3 Å². The van der Waals surface area contributed by atoms with E-state index in [1.54, 1.807) is 0 Å². The second kappa shape index (κ2) is 6.28. The molecule has 0 aromatic heterocycles. The lowest BCUT2D eigenvalue weighted by atomic mass is 10.2. The highest BCUT2D eigenvalue weighted by Crippen LogP contribution is 2.14. The van der Waals surface area contributed by atoms with E-state index in [9.17, 15) is 0 Å². The van der Waals surface area contributed by atoms with Gasteiger partial charge in [-0.3, -0.25) is 0 Å². The molecule has 1 aromatic carbocycles. The summed E-state index contributed by atoms with van der Waals surface area (Å²) in [6.07, 6.45) is 1.30. The van der Waals surface area contributed by atoms with Gasteiger partial charge in [-0.15, -0.1) is 11.6 Å². The van der Waals surface area contributed by atoms with Gasteiger partial charge in [0.1, 0.15) is 5.75 Å². The van der Waals surface area contributed by atoms with Crippen molar-refractivity contribution in [2.75, 3.05) is 6.61 Å². The van der Waals surface area contributed by atoms with Gasteiger partial charge in [0.2, 0.25) is 0 Å². The van der Waals surface area contributed by atoms with Gasteiger partial charge in [-0.2, -0.15) is 5.26 Å². The summed E-state index contributed by atoms with van der Waals surface area (Å²) < 4.78 is 5.44. The summed E-state index contributed by atoms with van der Waals surface area (Å²) in [5, 5.41) is 8.32. The second-order valence-electron chi connectivity index (χ2n) is 2.89. The maximum absolute atomic E-state index is 8.32. The molecule has 0 N–H and O–H groups in total. The molecule has 0 aliphatic heterocycles. The van der Waals surface area contributed by atoms with Crippen molar-refractivity contribution in [3.63, 3.8) is 0 Å². The molecule has 0 atom stereocenters. The highest BCUT2D eigenvalue weighted by atomic mass is 35.5. The number of benzene rings is 1. The van der Waals surface area contributed by atoms with Crippen molar-refractivity contribution >= 4 is 11.6 Å². The number of nitrogens with zero attached hydrogens (tertiary/aromatic N) is 1. The summed E-state index contributed by atoms with van der Waals surface area (Å²) in [5.74, 6) is 1.32. The predicted molar refractivity (Wildman–Crippen MR) is 56.3 cm³/mol. The van der Waals surface area contributed by atoms with Crippen molar-refractivity contribution in [2.45, 2.75) is 18.7 Å². The van der Waals surface area contributed by atoms with Crippen LogP contribution < -0.4 is 4.74 Å². The van der Waals surface area contributed by atoms with Crippen LogP contribution in [0.15, 0.2) is 24.3 Å². The molecule has 0 spiro atoms. The summed E-state index contributed by atoms with van der Waals surface area (Å²) in [5.41, 5.74) is 1.05. The predicted octanol–water partition coefficient (Wildman–Crippen LogP) is 3.11. The molecule has 0 amide bonds. The van der Waals surface area contributed by atoms with Gasteiger partial charge in [-0.05, 0) is 24.1 Å². The molecule has 3 heteroatoms. The van der Waals surface area contributed by atoms with Crippen LogP contribution in [0.2, 0.25) is 0 Å². The average molecular weight is 210 g/mol. The highest BCUT2D eigenvalue weighted by molar-refractivity contribution is 6.17. The molecule has 0 bridgehead atoms. The van der Waals surface area contributed by atoms with Crippen LogP contribution in [-0.2, 0) is 5.88 Å². The Balaban J connectivity index is 2.39. The first-order valence-corrected chi connectivity index (χ1v) is 5.05. The van der Waals surface area contributed by atoms with Gasteiger partial charge in [0.05, 0.1) is 12.7 Å². The zero-order valence-electron chi connectivity index (χ0n) is 7.87. The zero-order valence-corrected chi connectivity index (χ0v) is 8.63. The molecule has 0 aliphatic carbocycles. The maximum Gasteiger partial charge on any atom is 0.119 e. The summed E-state index contributed by atoms with van der Waals surface area (Å²) in [7, 11) is 0. The standard InChI is InChI=1S/C11H12ClNO/c12-9-10-4-3-5-11(8-10)14-7-2-1-6-13/h3-5,8H,1-2,7,9H2. The Morgan fingerprint density at radius 1 is 1.43 bits per heavy atom. The molecule has 14 heavy (non-hydrogen) atoms. The molecule has 1 rings (SSSR count). The van der Waals surface area contributed by atoms with Crippen molar-refractivity contribution in [1.82, 2.24) is 0 Å². The Kier molecular flexibility index (Phi) is 4.88. The van der Waals surface area contributed by atoms with Crippen LogP contribution in [0.1, 0.15) is 18.4 Å². The van der Waals surface area contributed by atoms with Crippen molar-refractivity contribution in [1.29, 1.82) is 5.26 Å². The number of hydrogen-bond acceptors (Lipinski definition) is 2. The molecule has 0 saturated heterocycles. The number of nitriles is 1. The Labute approximate surface area is 89.1 Å². The van der Waals surface area contributed by atoms with E-state index in [0.29, 0.717) is 18.9 Å². The molecule has 74 valence electrons. The largest absolute Gasteiger partial charge is 0.494 e. The first-order valence-electron chi connectivity index (χ1n) is 4.51. The minimum atomic E-state index is 0.495. The number of ether oxygens (including phenoxy) is 1. The molecule has 0 heterocycles. The van der Waals surface area contributed by atoms with Gasteiger partial charge >= 0.3 is 0 Å². The number of halogens is 1. The zero-order chi connectivity index (χ0) is 10.2. The number of alkyl halides is 1. The van der Waals surface area contributed by atoms with E-state index < -0.39 is 0 Å². The Morgan fingerprint density at radius 2 is 2.29 bits per heavy atom. The molecular weight excluding hydrogens is 198 g/mol. The molecule has 0 aliphatic rings. The molecule has 0 unspecified atom stereocenters. The van der Waals surface area contributed by atoms with E-state index in [4.69, 9.17) is 21.6 Å². The van der Waals surface area contributed by atoms with Crippen molar-refractivity contribution in [3.05, 3.63) is 29.8 Å². The maximum atomic E-state index is 8.32. The van der Waals surface area contributed by atoms with Crippen LogP contribution in [0.3, 0.4) is 0 Å². The van der Waals surface area contributed by atoms with E-state index in [1.807, 2.05) is 24.3 Å². The van der Waals surface area contributed by atoms with Gasteiger partial charge in [0.25, 0.3) is 0 Å². The lowest BCUT2D eigenvalue weighted by Crippen LogP contribution is -1.96. The van der Waals surface area contributed by atoms with Crippen molar-refractivity contribution in [3.8, 4) is 11.8 Å². The summed E-state index contributed by atoms with van der Waals surface area (Å²) >= 11 is 5.68. The Bertz CT molecular complexity index is 319. The fourth-order valence-electron chi connectivity index (χ4n) is 1.06. The fraction of sp³-hybridized carbons (Fsp3) is 0.364. The van der Waals surface area contributed by atoms with E-state index in [1.165, 1.54) is 0 Å². The summed E-state index contributed by atoms with van der Waals surface area (Å²) in [4.78, 5) is 0. The third-order valence-electron chi connectivity index (χ3n) is 1.75. The van der Waals surface area contributed by atoms with Gasteiger partial charge in [-0.1, -0.05) is 12.1 Å². The fourth-order valence-corrected chi connectivity index (χ4v) is 1.23. The highest BCUT2D eigenvalue weighted by Gasteiger charge is 1.95. The molecule has 0 radical (unpaired) electrons. The number of rotatable bonds is 5. The molecule has 0 saturated carbocycles. The summed E-state index contributed by atoms with van der Waals surface area (Å²) in [6, 6.07) is 9.75. The number of unbranched alkanes of at least 4 members (excludes halogenated alkanes) is 1. The summed E-state index contributed by atoms with van der Waals surface area (Å²) in [6.45, 7) is 0.583.